The zero-order chi connectivity index (χ0) is 23.1. The Morgan fingerprint density at radius 3 is 2.38 bits per heavy atom. The Morgan fingerprint density at radius 2 is 1.72 bits per heavy atom. The molecule has 32 heavy (non-hydrogen) atoms. The Labute approximate surface area is 191 Å². The first-order valence-electron chi connectivity index (χ1n) is 9.92. The van der Waals surface area contributed by atoms with Crippen LogP contribution in [-0.4, -0.2) is 28.6 Å². The maximum Gasteiger partial charge on any atom is 0.271 e. The molecule has 3 aromatic rings. The van der Waals surface area contributed by atoms with Crippen LogP contribution in [-0.2, 0) is 4.79 Å². The van der Waals surface area contributed by atoms with Crippen molar-refractivity contribution >= 4 is 34.8 Å². The number of hydrazone groups is 1. The standard InChI is InChI=1S/C24H23ClN4O3/c1-15-14-20(25)6-9-22(15)32-17(3)23(30)27-21-7-4-18(5-8-21)16(2)28-29-24(31)19-10-12-26-13-11-19/h4-14,17H,1-3H3,(H,27,30)(H,29,31)/b28-16+/t17-/m0/s1. The minimum absolute atomic E-state index is 0.276. The molecule has 0 saturated carbocycles. The molecule has 2 N–H and O–H groups in total. The topological polar surface area (TPSA) is 92.7 Å². The first-order valence-corrected chi connectivity index (χ1v) is 10.3. The van der Waals surface area contributed by atoms with Gasteiger partial charge in [-0.3, -0.25) is 14.6 Å². The van der Waals surface area contributed by atoms with E-state index in [4.69, 9.17) is 16.3 Å². The van der Waals surface area contributed by atoms with E-state index in [-0.39, 0.29) is 11.8 Å². The van der Waals surface area contributed by atoms with Crippen molar-refractivity contribution in [1.82, 2.24) is 10.4 Å². The van der Waals surface area contributed by atoms with E-state index in [1.807, 2.05) is 19.1 Å². The molecule has 2 amide bonds. The normalized spacial score (nSPS) is 12.1. The van der Waals surface area contributed by atoms with E-state index in [1.54, 1.807) is 68.7 Å². The third-order valence-electron chi connectivity index (χ3n) is 4.65. The highest BCUT2D eigenvalue weighted by Gasteiger charge is 2.16. The largest absolute Gasteiger partial charge is 0.481 e. The van der Waals surface area contributed by atoms with Crippen LogP contribution in [0.2, 0.25) is 5.02 Å². The maximum atomic E-state index is 12.5. The number of ether oxygens (including phenoxy) is 1. The summed E-state index contributed by atoms with van der Waals surface area (Å²) in [6, 6.07) is 15.6. The van der Waals surface area contributed by atoms with E-state index in [0.717, 1.165) is 11.1 Å². The van der Waals surface area contributed by atoms with Gasteiger partial charge in [0.25, 0.3) is 11.8 Å². The molecule has 1 heterocycles. The number of rotatable bonds is 7. The van der Waals surface area contributed by atoms with Crippen LogP contribution in [0.4, 0.5) is 5.69 Å². The van der Waals surface area contributed by atoms with Gasteiger partial charge in [-0.05, 0) is 74.4 Å². The average molecular weight is 451 g/mol. The summed E-state index contributed by atoms with van der Waals surface area (Å²) in [6.45, 7) is 5.33. The molecule has 0 spiro atoms. The number of aromatic nitrogens is 1. The Morgan fingerprint density at radius 1 is 1.03 bits per heavy atom. The summed E-state index contributed by atoms with van der Waals surface area (Å²) in [6.07, 6.45) is 2.39. The number of aryl methyl sites for hydroxylation is 1. The Balaban J connectivity index is 1.57. The van der Waals surface area contributed by atoms with E-state index in [9.17, 15) is 9.59 Å². The number of halogens is 1. The Hall–Kier alpha value is -3.71. The number of hydrogen-bond acceptors (Lipinski definition) is 5. The molecule has 0 aliphatic carbocycles. The van der Waals surface area contributed by atoms with Crippen LogP contribution in [0.25, 0.3) is 0 Å². The number of nitrogens with zero attached hydrogens (tertiary/aromatic N) is 2. The number of nitrogens with one attached hydrogen (secondary N) is 2. The molecule has 0 radical (unpaired) electrons. The van der Waals surface area contributed by atoms with Gasteiger partial charge in [0.15, 0.2) is 6.10 Å². The fraction of sp³-hybridized carbons (Fsp3) is 0.167. The molecule has 0 bridgehead atoms. The van der Waals surface area contributed by atoms with Gasteiger partial charge in [0, 0.05) is 28.7 Å². The van der Waals surface area contributed by atoms with Gasteiger partial charge >= 0.3 is 0 Å². The van der Waals surface area contributed by atoms with Gasteiger partial charge < -0.3 is 10.1 Å². The zero-order valence-electron chi connectivity index (χ0n) is 17.9. The van der Waals surface area contributed by atoms with E-state index in [1.165, 1.54) is 0 Å². The van der Waals surface area contributed by atoms with E-state index in [0.29, 0.717) is 27.7 Å². The molecule has 2 aromatic carbocycles. The fourth-order valence-electron chi connectivity index (χ4n) is 2.79. The van der Waals surface area contributed by atoms with Gasteiger partial charge in [-0.2, -0.15) is 5.10 Å². The molecule has 1 atom stereocenters. The van der Waals surface area contributed by atoms with Gasteiger partial charge in [-0.1, -0.05) is 23.7 Å². The summed E-state index contributed by atoms with van der Waals surface area (Å²) in [4.78, 5) is 28.4. The Bertz CT molecular complexity index is 1130. The van der Waals surface area contributed by atoms with Gasteiger partial charge in [0.05, 0.1) is 5.71 Å². The van der Waals surface area contributed by atoms with Crippen molar-refractivity contribution in [2.24, 2.45) is 5.10 Å². The van der Waals surface area contributed by atoms with Crippen molar-refractivity contribution in [3.63, 3.8) is 0 Å². The quantitative estimate of drug-likeness (QED) is 0.406. The predicted octanol–water partition coefficient (Wildman–Crippen LogP) is 4.60. The van der Waals surface area contributed by atoms with Crippen molar-refractivity contribution in [1.29, 1.82) is 0 Å². The number of benzene rings is 2. The van der Waals surface area contributed by atoms with Crippen molar-refractivity contribution in [3.05, 3.63) is 88.7 Å². The lowest BCUT2D eigenvalue weighted by molar-refractivity contribution is -0.122. The summed E-state index contributed by atoms with van der Waals surface area (Å²) >= 11 is 5.96. The molecule has 0 saturated heterocycles. The third-order valence-corrected chi connectivity index (χ3v) is 4.88. The number of carbonyl (C=O) groups excluding carboxylic acids is 2. The first kappa shape index (κ1) is 23.0. The van der Waals surface area contributed by atoms with Gasteiger partial charge in [0.2, 0.25) is 0 Å². The van der Waals surface area contributed by atoms with Crippen LogP contribution in [0.5, 0.6) is 5.75 Å². The van der Waals surface area contributed by atoms with Gasteiger partial charge in [0.1, 0.15) is 5.75 Å². The minimum Gasteiger partial charge on any atom is -0.481 e. The van der Waals surface area contributed by atoms with Crippen LogP contribution in [0.1, 0.15) is 35.3 Å². The predicted molar refractivity (Wildman–Crippen MR) is 125 cm³/mol. The second-order valence-corrected chi connectivity index (χ2v) is 7.55. The van der Waals surface area contributed by atoms with Crippen molar-refractivity contribution in [3.8, 4) is 5.75 Å². The molecule has 1 aromatic heterocycles. The summed E-state index contributed by atoms with van der Waals surface area (Å²) in [5.41, 5.74) is 5.89. The van der Waals surface area contributed by atoms with Crippen LogP contribution >= 0.6 is 11.6 Å². The molecule has 0 aliphatic heterocycles. The number of pyridine rings is 1. The van der Waals surface area contributed by atoms with E-state index < -0.39 is 6.10 Å². The van der Waals surface area contributed by atoms with E-state index in [2.05, 4.69) is 20.8 Å². The second-order valence-electron chi connectivity index (χ2n) is 7.11. The lowest BCUT2D eigenvalue weighted by Gasteiger charge is -2.16. The second kappa shape index (κ2) is 10.5. The lowest BCUT2D eigenvalue weighted by Crippen LogP contribution is -2.30. The fourth-order valence-corrected chi connectivity index (χ4v) is 3.02. The molecule has 3 rings (SSSR count). The van der Waals surface area contributed by atoms with Crippen LogP contribution in [0.15, 0.2) is 72.1 Å². The molecule has 0 fully saturated rings. The zero-order valence-corrected chi connectivity index (χ0v) is 18.7. The highest BCUT2D eigenvalue weighted by Crippen LogP contribution is 2.23. The number of hydrogen-bond donors (Lipinski definition) is 2. The maximum absolute atomic E-state index is 12.5. The molecule has 0 aliphatic rings. The minimum atomic E-state index is -0.693. The highest BCUT2D eigenvalue weighted by atomic mass is 35.5. The monoisotopic (exact) mass is 450 g/mol. The third kappa shape index (κ3) is 6.15. The highest BCUT2D eigenvalue weighted by molar-refractivity contribution is 6.30. The van der Waals surface area contributed by atoms with Crippen LogP contribution in [0, 0.1) is 6.92 Å². The summed E-state index contributed by atoms with van der Waals surface area (Å²) in [5, 5.41) is 7.57. The number of anilines is 1. The molecule has 164 valence electrons. The summed E-state index contributed by atoms with van der Waals surface area (Å²) in [7, 11) is 0. The average Bonchev–Trinajstić information content (AvgIpc) is 2.80. The Kier molecular flexibility index (Phi) is 7.57. The van der Waals surface area contributed by atoms with Crippen molar-refractivity contribution in [2.75, 3.05) is 5.32 Å². The first-order chi connectivity index (χ1) is 15.3. The van der Waals surface area contributed by atoms with E-state index >= 15 is 0 Å². The number of carbonyl (C=O) groups is 2. The van der Waals surface area contributed by atoms with Crippen LogP contribution < -0.4 is 15.5 Å². The molecule has 0 unspecified atom stereocenters. The summed E-state index contributed by atoms with van der Waals surface area (Å²) in [5.74, 6) is 0.00990. The molecular formula is C24H23ClN4O3. The van der Waals surface area contributed by atoms with Crippen LogP contribution in [0.3, 0.4) is 0 Å². The lowest BCUT2D eigenvalue weighted by atomic mass is 10.1. The number of amides is 2. The van der Waals surface area contributed by atoms with Gasteiger partial charge in [-0.15, -0.1) is 0 Å². The molecule has 8 heteroatoms. The van der Waals surface area contributed by atoms with Crippen molar-refractivity contribution in [2.45, 2.75) is 26.9 Å². The SMILES string of the molecule is C/C(=N\NC(=O)c1ccncc1)c1ccc(NC(=O)[C@H](C)Oc2ccc(Cl)cc2C)cc1. The molecule has 7 nitrogen and oxygen atoms in total. The summed E-state index contributed by atoms with van der Waals surface area (Å²) < 4.78 is 5.75. The molecular weight excluding hydrogens is 428 g/mol. The van der Waals surface area contributed by atoms with Crippen molar-refractivity contribution < 1.29 is 14.3 Å². The van der Waals surface area contributed by atoms with Gasteiger partial charge in [-0.25, -0.2) is 5.43 Å². The smallest absolute Gasteiger partial charge is 0.271 e.